The van der Waals surface area contributed by atoms with Crippen molar-refractivity contribution >= 4 is 21.8 Å². The number of carbonyl (C=O) groups is 2. The van der Waals surface area contributed by atoms with Crippen LogP contribution in [0.1, 0.15) is 52.9 Å². The molecule has 0 aliphatic heterocycles. The summed E-state index contributed by atoms with van der Waals surface area (Å²) < 4.78 is 45.7. The number of aromatic nitrogens is 2. The van der Waals surface area contributed by atoms with Crippen molar-refractivity contribution in [3.8, 4) is 5.88 Å². The Balaban J connectivity index is 1.44. The van der Waals surface area contributed by atoms with E-state index in [-0.39, 0.29) is 42.0 Å². The van der Waals surface area contributed by atoms with Crippen molar-refractivity contribution in [1.29, 1.82) is 0 Å². The molecule has 1 saturated carbocycles. The maximum Gasteiger partial charge on any atom is 0.415 e. The van der Waals surface area contributed by atoms with Crippen LogP contribution < -0.4 is 9.64 Å². The van der Waals surface area contributed by atoms with Gasteiger partial charge in [-0.15, -0.1) is 0 Å². The SMILES string of the molecule is CC(C)[C@@H]1CC[C@@H](C)C[C@H]1OC(=O)CCC(=O)OCCOc1no[n+]([O-])c1S(=O)(=O)c1ccccc1. The first-order valence-corrected chi connectivity index (χ1v) is 13.5. The number of esters is 2. The minimum Gasteiger partial charge on any atom is -0.462 e. The molecule has 0 radical (unpaired) electrons. The zero-order valence-corrected chi connectivity index (χ0v) is 21.4. The van der Waals surface area contributed by atoms with Crippen molar-refractivity contribution in [2.75, 3.05) is 13.2 Å². The van der Waals surface area contributed by atoms with Crippen LogP contribution in [0.5, 0.6) is 5.88 Å². The summed E-state index contributed by atoms with van der Waals surface area (Å²) in [4.78, 5) is 23.9. The van der Waals surface area contributed by atoms with Crippen LogP contribution in [0.4, 0.5) is 0 Å². The van der Waals surface area contributed by atoms with Crippen molar-refractivity contribution in [2.24, 2.45) is 17.8 Å². The molecule has 11 nitrogen and oxygen atoms in total. The maximum absolute atomic E-state index is 12.7. The fraction of sp³-hybridized carbons (Fsp3) is 0.583. The van der Waals surface area contributed by atoms with E-state index in [1.54, 1.807) is 6.07 Å². The number of benzene rings is 1. The molecule has 1 aliphatic carbocycles. The average Bonchev–Trinajstić information content (AvgIpc) is 3.22. The van der Waals surface area contributed by atoms with Crippen LogP contribution in [0, 0.1) is 23.0 Å². The molecule has 0 amide bonds. The topological polar surface area (TPSA) is 149 Å². The molecule has 0 saturated heterocycles. The quantitative estimate of drug-likeness (QED) is 0.244. The molecule has 1 heterocycles. The lowest BCUT2D eigenvalue weighted by atomic mass is 9.75. The Kier molecular flexibility index (Phi) is 9.30. The Morgan fingerprint density at radius 3 is 2.53 bits per heavy atom. The van der Waals surface area contributed by atoms with Crippen LogP contribution >= 0.6 is 0 Å². The van der Waals surface area contributed by atoms with Gasteiger partial charge in [0.1, 0.15) is 19.3 Å². The minimum absolute atomic E-state index is 0.103. The number of hydrogen-bond acceptors (Lipinski definition) is 10. The lowest BCUT2D eigenvalue weighted by molar-refractivity contribution is -0.832. The third kappa shape index (κ3) is 6.96. The monoisotopic (exact) mass is 524 g/mol. The summed E-state index contributed by atoms with van der Waals surface area (Å²) in [5, 5.41) is 14.4. The molecule has 12 heteroatoms. The maximum atomic E-state index is 12.7. The van der Waals surface area contributed by atoms with Crippen LogP contribution in [-0.2, 0) is 28.9 Å². The van der Waals surface area contributed by atoms with Gasteiger partial charge in [0.15, 0.2) is 0 Å². The van der Waals surface area contributed by atoms with Crippen molar-refractivity contribution in [2.45, 2.75) is 68.9 Å². The first-order chi connectivity index (χ1) is 17.1. The number of nitrogens with zero attached hydrogens (tertiary/aromatic N) is 2. The molecule has 2 aromatic rings. The average molecular weight is 525 g/mol. The van der Waals surface area contributed by atoms with E-state index in [0.29, 0.717) is 17.8 Å². The second-order valence-corrected chi connectivity index (χ2v) is 11.1. The van der Waals surface area contributed by atoms with Crippen molar-refractivity contribution in [3.63, 3.8) is 0 Å². The molecule has 3 rings (SSSR count). The summed E-state index contributed by atoms with van der Waals surface area (Å²) in [7, 11) is -4.24. The van der Waals surface area contributed by atoms with Gasteiger partial charge in [-0.05, 0) is 47.6 Å². The summed E-state index contributed by atoms with van der Waals surface area (Å²) in [6.45, 7) is 5.86. The number of carbonyl (C=O) groups excluding carboxylic acids is 2. The number of ether oxygens (including phenoxy) is 3. The highest BCUT2D eigenvalue weighted by Crippen LogP contribution is 2.35. The number of hydrogen-bond donors (Lipinski definition) is 0. The molecule has 0 unspecified atom stereocenters. The zero-order chi connectivity index (χ0) is 26.3. The van der Waals surface area contributed by atoms with E-state index in [4.69, 9.17) is 14.2 Å². The largest absolute Gasteiger partial charge is 0.462 e. The van der Waals surface area contributed by atoms with Crippen LogP contribution in [0.3, 0.4) is 0 Å². The van der Waals surface area contributed by atoms with Gasteiger partial charge < -0.3 is 19.4 Å². The second-order valence-electron chi connectivity index (χ2n) is 9.28. The normalized spacial score (nSPS) is 20.2. The summed E-state index contributed by atoms with van der Waals surface area (Å²) in [6.07, 6.45) is 2.56. The van der Waals surface area contributed by atoms with Gasteiger partial charge in [0, 0.05) is 0 Å². The molecule has 0 bridgehead atoms. The van der Waals surface area contributed by atoms with Crippen molar-refractivity contribution in [3.05, 3.63) is 35.5 Å². The predicted octanol–water partition coefficient (Wildman–Crippen LogP) is 2.85. The molecular formula is C24H32N2O9S. The number of rotatable bonds is 11. The third-order valence-corrected chi connectivity index (χ3v) is 7.94. The van der Waals surface area contributed by atoms with Gasteiger partial charge in [-0.25, -0.2) is 8.42 Å². The van der Waals surface area contributed by atoms with Crippen molar-refractivity contribution in [1.82, 2.24) is 5.16 Å². The van der Waals surface area contributed by atoms with Gasteiger partial charge in [-0.3, -0.25) is 14.2 Å². The van der Waals surface area contributed by atoms with Crippen LogP contribution in [0.2, 0.25) is 0 Å². The Bertz CT molecular complexity index is 1130. The Morgan fingerprint density at radius 1 is 1.14 bits per heavy atom. The lowest BCUT2D eigenvalue weighted by Gasteiger charge is -2.36. The molecule has 1 fully saturated rings. The first kappa shape index (κ1) is 27.4. The van der Waals surface area contributed by atoms with Crippen LogP contribution in [0.15, 0.2) is 44.9 Å². The van der Waals surface area contributed by atoms with E-state index < -0.39 is 32.7 Å². The standard InChI is InChI=1S/C24H32N2O9S/c1-16(2)19-10-9-17(3)15-20(19)34-22(28)12-11-21(27)32-13-14-33-23-24(26(29)35-25-23)36(30,31)18-7-5-4-6-8-18/h4-8,16-17,19-20H,9-15H2,1-3H3/t17-,19+,20-/m1/s1. The summed E-state index contributed by atoms with van der Waals surface area (Å²) in [5.74, 6) is -0.407. The molecule has 1 aliphatic rings. The highest BCUT2D eigenvalue weighted by Gasteiger charge is 2.36. The summed E-state index contributed by atoms with van der Waals surface area (Å²) in [5.41, 5.74) is 0. The van der Waals surface area contributed by atoms with E-state index in [2.05, 4.69) is 30.6 Å². The predicted molar refractivity (Wildman–Crippen MR) is 124 cm³/mol. The van der Waals surface area contributed by atoms with E-state index in [9.17, 15) is 23.2 Å². The summed E-state index contributed by atoms with van der Waals surface area (Å²) in [6, 6.07) is 7.27. The fourth-order valence-corrected chi connectivity index (χ4v) is 5.58. The highest BCUT2D eigenvalue weighted by atomic mass is 32.2. The minimum atomic E-state index is -4.24. The Labute approximate surface area is 210 Å². The van der Waals surface area contributed by atoms with Gasteiger partial charge in [-0.1, -0.05) is 45.4 Å². The molecule has 3 atom stereocenters. The van der Waals surface area contributed by atoms with E-state index >= 15 is 0 Å². The van der Waals surface area contributed by atoms with Gasteiger partial charge in [-0.2, -0.15) is 0 Å². The zero-order valence-electron chi connectivity index (χ0n) is 20.6. The Hall–Kier alpha value is -3.15. The highest BCUT2D eigenvalue weighted by molar-refractivity contribution is 7.91. The van der Waals surface area contributed by atoms with Crippen LogP contribution in [0.25, 0.3) is 0 Å². The molecule has 0 spiro atoms. The number of sulfone groups is 1. The first-order valence-electron chi connectivity index (χ1n) is 12.0. The van der Waals surface area contributed by atoms with E-state index in [0.717, 1.165) is 19.3 Å². The van der Waals surface area contributed by atoms with Gasteiger partial charge >= 0.3 is 22.8 Å². The molecule has 198 valence electrons. The van der Waals surface area contributed by atoms with Gasteiger partial charge in [0.2, 0.25) is 0 Å². The molecule has 1 aromatic carbocycles. The van der Waals surface area contributed by atoms with Crippen LogP contribution in [-0.4, -0.2) is 44.8 Å². The van der Waals surface area contributed by atoms with E-state index in [1.807, 2.05) is 0 Å². The summed E-state index contributed by atoms with van der Waals surface area (Å²) >= 11 is 0. The molecule has 0 N–H and O–H groups in total. The molecular weight excluding hydrogens is 492 g/mol. The lowest BCUT2D eigenvalue weighted by Crippen LogP contribution is -2.35. The molecule has 1 aromatic heterocycles. The van der Waals surface area contributed by atoms with E-state index in [1.165, 1.54) is 24.3 Å². The van der Waals surface area contributed by atoms with Gasteiger partial charge in [0.05, 0.1) is 22.9 Å². The third-order valence-electron chi connectivity index (χ3n) is 6.22. The van der Waals surface area contributed by atoms with Gasteiger partial charge in [0.25, 0.3) is 9.84 Å². The molecule has 36 heavy (non-hydrogen) atoms. The van der Waals surface area contributed by atoms with Crippen molar-refractivity contribution < 1.29 is 41.7 Å². The Morgan fingerprint density at radius 2 is 1.83 bits per heavy atom. The smallest absolute Gasteiger partial charge is 0.415 e. The fourth-order valence-electron chi connectivity index (χ4n) is 4.29. The second kappa shape index (κ2) is 12.2.